The molecule has 0 aromatic heterocycles. The Hall–Kier alpha value is -4.73. The van der Waals surface area contributed by atoms with Crippen molar-refractivity contribution in [3.63, 3.8) is 0 Å². The third-order valence-corrected chi connectivity index (χ3v) is 8.03. The number of hydrogen-bond acceptors (Lipinski definition) is 5. The van der Waals surface area contributed by atoms with Crippen LogP contribution in [0.4, 0.5) is 20.6 Å². The molecule has 0 unspecified atom stereocenters. The molecule has 0 bridgehead atoms. The van der Waals surface area contributed by atoms with Crippen LogP contribution >= 0.6 is 0 Å². The predicted molar refractivity (Wildman–Crippen MR) is 175 cm³/mol. The lowest BCUT2D eigenvalue weighted by Gasteiger charge is -2.38. The molecule has 0 saturated carbocycles. The summed E-state index contributed by atoms with van der Waals surface area (Å²) in [6.07, 6.45) is -0.251. The first-order valence-corrected chi connectivity index (χ1v) is 15.1. The van der Waals surface area contributed by atoms with Crippen LogP contribution in [0.15, 0.2) is 97.1 Å². The Labute approximate surface area is 263 Å². The molecular weight excluding hydrogens is 571 g/mol. The second-order valence-corrected chi connectivity index (χ2v) is 11.7. The summed E-state index contributed by atoms with van der Waals surface area (Å²) >= 11 is 0. The Morgan fingerprint density at radius 3 is 2.31 bits per heavy atom. The molecular formula is C36H39FN4O4. The van der Waals surface area contributed by atoms with Gasteiger partial charge >= 0.3 is 6.03 Å². The number of aliphatic hydroxyl groups is 1. The summed E-state index contributed by atoms with van der Waals surface area (Å²) in [5.41, 5.74) is 4.64. The van der Waals surface area contributed by atoms with E-state index in [0.29, 0.717) is 35.8 Å². The molecule has 1 heterocycles. The molecule has 8 nitrogen and oxygen atoms in total. The van der Waals surface area contributed by atoms with Gasteiger partial charge < -0.3 is 25.4 Å². The fourth-order valence-electron chi connectivity index (χ4n) is 5.46. The maximum Gasteiger partial charge on any atom is 0.323 e. The minimum atomic E-state index is -0.536. The fourth-order valence-corrected chi connectivity index (χ4v) is 5.46. The van der Waals surface area contributed by atoms with E-state index in [0.717, 1.165) is 6.54 Å². The number of halogens is 1. The summed E-state index contributed by atoms with van der Waals surface area (Å²) in [6.45, 7) is 5.40. The molecule has 45 heavy (non-hydrogen) atoms. The van der Waals surface area contributed by atoms with Crippen LogP contribution in [0.5, 0.6) is 5.75 Å². The number of ether oxygens (including phenoxy) is 1. The highest BCUT2D eigenvalue weighted by Gasteiger charge is 2.33. The van der Waals surface area contributed by atoms with E-state index in [9.17, 15) is 19.1 Å². The van der Waals surface area contributed by atoms with Crippen LogP contribution in [0.2, 0.25) is 0 Å². The van der Waals surface area contributed by atoms with Crippen LogP contribution in [0.3, 0.4) is 0 Å². The molecule has 3 atom stereocenters. The summed E-state index contributed by atoms with van der Waals surface area (Å²) in [6, 6.07) is 28.2. The van der Waals surface area contributed by atoms with Gasteiger partial charge in [0.1, 0.15) is 17.7 Å². The summed E-state index contributed by atoms with van der Waals surface area (Å²) in [5, 5.41) is 15.4. The number of nitrogens with one attached hydrogen (secondary N) is 2. The Kier molecular flexibility index (Phi) is 10.1. The Bertz CT molecular complexity index is 1600. The third-order valence-electron chi connectivity index (χ3n) is 8.03. The standard InChI is InChI=1S/C36H39FN4O4/c1-24-20-41(25(2)23-42)35(43)32-19-31(39-36(44)38-30-15-13-29(37)14-16-30)17-18-33(32)45-34(24)22-40(3)21-26-9-11-28(12-10-26)27-7-5-4-6-8-27/h4-19,24-25,34,42H,20-23H2,1-3H3,(H2,38,39,44)/t24-,25-,34+/m1/s1. The molecule has 4 aromatic carbocycles. The van der Waals surface area contributed by atoms with Gasteiger partial charge in [-0.05, 0) is 73.1 Å². The molecule has 3 amide bonds. The van der Waals surface area contributed by atoms with Crippen molar-refractivity contribution in [2.24, 2.45) is 5.92 Å². The number of benzene rings is 4. The van der Waals surface area contributed by atoms with E-state index in [1.165, 1.54) is 41.0 Å². The summed E-state index contributed by atoms with van der Waals surface area (Å²) in [4.78, 5) is 30.3. The van der Waals surface area contributed by atoms with Gasteiger partial charge in [0.2, 0.25) is 0 Å². The lowest BCUT2D eigenvalue weighted by atomic mass is 9.99. The van der Waals surface area contributed by atoms with Crippen LogP contribution < -0.4 is 15.4 Å². The number of fused-ring (bicyclic) bond motifs is 1. The quantitative estimate of drug-likeness (QED) is 0.202. The first kappa shape index (κ1) is 31.7. The predicted octanol–water partition coefficient (Wildman–Crippen LogP) is 6.49. The highest BCUT2D eigenvalue weighted by Crippen LogP contribution is 2.31. The highest BCUT2D eigenvalue weighted by molar-refractivity contribution is 6.02. The van der Waals surface area contributed by atoms with Crippen LogP contribution in [-0.4, -0.2) is 65.7 Å². The van der Waals surface area contributed by atoms with Crippen molar-refractivity contribution in [3.05, 3.63) is 114 Å². The average Bonchev–Trinajstić information content (AvgIpc) is 3.04. The molecule has 1 aliphatic heterocycles. The van der Waals surface area contributed by atoms with Gasteiger partial charge in [0.25, 0.3) is 5.91 Å². The maximum atomic E-state index is 13.8. The highest BCUT2D eigenvalue weighted by atomic mass is 19.1. The molecule has 0 fully saturated rings. The van der Waals surface area contributed by atoms with Crippen molar-refractivity contribution in [2.75, 3.05) is 37.4 Å². The monoisotopic (exact) mass is 610 g/mol. The minimum absolute atomic E-state index is 0.0294. The second kappa shape index (κ2) is 14.4. The van der Waals surface area contributed by atoms with Gasteiger partial charge in [-0.1, -0.05) is 61.5 Å². The van der Waals surface area contributed by atoms with Crippen molar-refractivity contribution in [3.8, 4) is 16.9 Å². The smallest absolute Gasteiger partial charge is 0.323 e. The van der Waals surface area contributed by atoms with Gasteiger partial charge in [-0.25, -0.2) is 9.18 Å². The van der Waals surface area contributed by atoms with Crippen LogP contribution in [-0.2, 0) is 6.54 Å². The first-order valence-electron chi connectivity index (χ1n) is 15.1. The van der Waals surface area contributed by atoms with Gasteiger partial charge in [-0.15, -0.1) is 0 Å². The van der Waals surface area contributed by atoms with Gasteiger partial charge in [0.05, 0.1) is 18.2 Å². The number of carbonyl (C=O) groups excluding carboxylic acids is 2. The van der Waals surface area contributed by atoms with Crippen molar-refractivity contribution < 1.29 is 23.8 Å². The summed E-state index contributed by atoms with van der Waals surface area (Å²) in [7, 11) is 2.05. The van der Waals surface area contributed by atoms with Crippen LogP contribution in [0.25, 0.3) is 11.1 Å². The van der Waals surface area contributed by atoms with E-state index in [-0.39, 0.29) is 24.5 Å². The molecule has 0 radical (unpaired) electrons. The molecule has 0 aliphatic carbocycles. The van der Waals surface area contributed by atoms with Gasteiger partial charge in [0.15, 0.2) is 0 Å². The molecule has 0 saturated heterocycles. The normalized spacial score (nSPS) is 17.1. The van der Waals surface area contributed by atoms with Crippen molar-refractivity contribution in [2.45, 2.75) is 32.5 Å². The number of rotatable bonds is 9. The van der Waals surface area contributed by atoms with E-state index in [1.54, 1.807) is 23.1 Å². The van der Waals surface area contributed by atoms with E-state index >= 15 is 0 Å². The molecule has 4 aromatic rings. The first-order chi connectivity index (χ1) is 21.7. The van der Waals surface area contributed by atoms with Crippen molar-refractivity contribution in [1.29, 1.82) is 0 Å². The Morgan fingerprint density at radius 1 is 0.978 bits per heavy atom. The second-order valence-electron chi connectivity index (χ2n) is 11.7. The van der Waals surface area contributed by atoms with Gasteiger partial charge in [0, 0.05) is 36.9 Å². The lowest BCUT2D eigenvalue weighted by molar-refractivity contribution is 0.0341. The fraction of sp³-hybridized carbons (Fsp3) is 0.278. The zero-order chi connectivity index (χ0) is 31.9. The van der Waals surface area contributed by atoms with Gasteiger partial charge in [-0.3, -0.25) is 9.69 Å². The van der Waals surface area contributed by atoms with Crippen LogP contribution in [0, 0.1) is 11.7 Å². The topological polar surface area (TPSA) is 94.1 Å². The Balaban J connectivity index is 1.32. The van der Waals surface area contributed by atoms with Crippen molar-refractivity contribution >= 4 is 23.3 Å². The SMILES string of the molecule is C[C@@H]1CN([C@H](C)CO)C(=O)c2cc(NC(=O)Nc3ccc(F)cc3)ccc2O[C@H]1CN(C)Cc1ccc(-c2ccccc2)cc1. The molecule has 1 aliphatic rings. The maximum absolute atomic E-state index is 13.8. The molecule has 5 rings (SSSR count). The number of amides is 3. The van der Waals surface area contributed by atoms with Crippen molar-refractivity contribution in [1.82, 2.24) is 9.80 Å². The minimum Gasteiger partial charge on any atom is -0.488 e. The average molecular weight is 611 g/mol. The molecule has 9 heteroatoms. The number of urea groups is 1. The number of hydrogen-bond donors (Lipinski definition) is 3. The lowest BCUT2D eigenvalue weighted by Crippen LogP contribution is -2.49. The Morgan fingerprint density at radius 2 is 1.62 bits per heavy atom. The number of nitrogens with zero attached hydrogens (tertiary/aromatic N) is 2. The number of anilines is 2. The third kappa shape index (κ3) is 8.06. The largest absolute Gasteiger partial charge is 0.488 e. The zero-order valence-corrected chi connectivity index (χ0v) is 25.7. The van der Waals surface area contributed by atoms with E-state index in [1.807, 2.05) is 32.2 Å². The number of aliphatic hydroxyl groups excluding tert-OH is 1. The summed E-state index contributed by atoms with van der Waals surface area (Å²) in [5.74, 6) is -0.305. The van der Waals surface area contributed by atoms with Crippen LogP contribution in [0.1, 0.15) is 29.8 Å². The number of carbonyl (C=O) groups is 2. The summed E-state index contributed by atoms with van der Waals surface area (Å²) < 4.78 is 19.8. The van der Waals surface area contributed by atoms with Gasteiger partial charge in [-0.2, -0.15) is 0 Å². The molecule has 0 spiro atoms. The zero-order valence-electron chi connectivity index (χ0n) is 25.7. The number of likely N-dealkylation sites (N-methyl/N-ethyl adjacent to an activating group) is 1. The van der Waals surface area contributed by atoms with E-state index < -0.39 is 17.9 Å². The van der Waals surface area contributed by atoms with E-state index in [2.05, 4.69) is 58.9 Å². The molecule has 234 valence electrons. The van der Waals surface area contributed by atoms with E-state index in [4.69, 9.17) is 4.74 Å². The molecule has 3 N–H and O–H groups in total.